The van der Waals surface area contributed by atoms with Crippen LogP contribution in [-0.2, 0) is 6.54 Å². The smallest absolute Gasteiger partial charge is 0.0205 e. The van der Waals surface area contributed by atoms with E-state index in [0.717, 1.165) is 24.9 Å². The molecule has 18 heavy (non-hydrogen) atoms. The van der Waals surface area contributed by atoms with E-state index in [1.165, 1.54) is 29.2 Å². The maximum absolute atomic E-state index is 3.59. The summed E-state index contributed by atoms with van der Waals surface area (Å²) in [5.41, 5.74) is 1.39. The summed E-state index contributed by atoms with van der Waals surface area (Å²) >= 11 is 0. The molecule has 0 bridgehead atoms. The van der Waals surface area contributed by atoms with Crippen LogP contribution in [0.25, 0.3) is 10.8 Å². The lowest BCUT2D eigenvalue weighted by Gasteiger charge is -2.11. The number of benzene rings is 2. The Hall–Kier alpha value is -1.34. The van der Waals surface area contributed by atoms with E-state index >= 15 is 0 Å². The van der Waals surface area contributed by atoms with Gasteiger partial charge in [0.2, 0.25) is 0 Å². The topological polar surface area (TPSA) is 12.0 Å². The molecular formula is C17H21N. The summed E-state index contributed by atoms with van der Waals surface area (Å²) in [4.78, 5) is 0. The normalized spacial score (nSPS) is 16.9. The molecule has 3 rings (SSSR count). The second-order valence-corrected chi connectivity index (χ2v) is 5.63. The minimum absolute atomic E-state index is 0.838. The molecule has 0 radical (unpaired) electrons. The summed E-state index contributed by atoms with van der Waals surface area (Å²) in [5.74, 6) is 1.83. The zero-order chi connectivity index (χ0) is 12.4. The lowest BCUT2D eigenvalue weighted by molar-refractivity contribution is 0.462. The average molecular weight is 239 g/mol. The van der Waals surface area contributed by atoms with Gasteiger partial charge in [-0.15, -0.1) is 0 Å². The maximum atomic E-state index is 3.59. The van der Waals surface area contributed by atoms with Crippen molar-refractivity contribution in [2.24, 2.45) is 11.8 Å². The molecule has 1 saturated carbocycles. The Morgan fingerprint density at radius 3 is 2.67 bits per heavy atom. The van der Waals surface area contributed by atoms with E-state index in [-0.39, 0.29) is 0 Å². The molecule has 1 aliphatic carbocycles. The van der Waals surface area contributed by atoms with Crippen molar-refractivity contribution in [3.05, 3.63) is 48.0 Å². The van der Waals surface area contributed by atoms with E-state index in [1.807, 2.05) is 0 Å². The van der Waals surface area contributed by atoms with Crippen LogP contribution in [0, 0.1) is 11.8 Å². The minimum Gasteiger partial charge on any atom is -0.312 e. The Kier molecular flexibility index (Phi) is 3.33. The van der Waals surface area contributed by atoms with Gasteiger partial charge in [0.15, 0.2) is 0 Å². The van der Waals surface area contributed by atoms with Crippen LogP contribution in [0.3, 0.4) is 0 Å². The van der Waals surface area contributed by atoms with E-state index in [9.17, 15) is 0 Å². The molecule has 2 aromatic carbocycles. The Balaban J connectivity index is 1.60. The lowest BCUT2D eigenvalue weighted by atomic mass is 10.1. The molecule has 0 aromatic heterocycles. The van der Waals surface area contributed by atoms with Crippen molar-refractivity contribution in [3.8, 4) is 0 Å². The van der Waals surface area contributed by atoms with Gasteiger partial charge in [0.1, 0.15) is 0 Å². The monoisotopic (exact) mass is 239 g/mol. The molecule has 0 spiro atoms. The van der Waals surface area contributed by atoms with E-state index in [2.05, 4.69) is 54.7 Å². The van der Waals surface area contributed by atoms with Crippen LogP contribution >= 0.6 is 0 Å². The molecular weight excluding hydrogens is 218 g/mol. The van der Waals surface area contributed by atoms with Crippen LogP contribution in [-0.4, -0.2) is 6.54 Å². The summed E-state index contributed by atoms with van der Waals surface area (Å²) in [6, 6.07) is 15.3. The van der Waals surface area contributed by atoms with Crippen LogP contribution in [0.1, 0.15) is 25.3 Å². The average Bonchev–Trinajstić information content (AvgIpc) is 3.23. The van der Waals surface area contributed by atoms with Crippen LogP contribution in [0.2, 0.25) is 0 Å². The Bertz CT molecular complexity index is 528. The quantitative estimate of drug-likeness (QED) is 0.832. The molecule has 0 saturated heterocycles. The molecule has 0 amide bonds. The highest BCUT2D eigenvalue weighted by Crippen LogP contribution is 2.36. The fraction of sp³-hybridized carbons (Fsp3) is 0.412. The molecule has 0 aliphatic heterocycles. The van der Waals surface area contributed by atoms with Gasteiger partial charge in [-0.05, 0) is 53.6 Å². The summed E-state index contributed by atoms with van der Waals surface area (Å²) in [7, 11) is 0. The van der Waals surface area contributed by atoms with E-state index in [0.29, 0.717) is 0 Å². The predicted molar refractivity (Wildman–Crippen MR) is 77.5 cm³/mol. The van der Waals surface area contributed by atoms with Gasteiger partial charge in [-0.3, -0.25) is 0 Å². The van der Waals surface area contributed by atoms with E-state index in [4.69, 9.17) is 0 Å². The van der Waals surface area contributed by atoms with Crippen molar-refractivity contribution >= 4 is 10.8 Å². The van der Waals surface area contributed by atoms with Gasteiger partial charge in [-0.25, -0.2) is 0 Å². The number of rotatable bonds is 5. The summed E-state index contributed by atoms with van der Waals surface area (Å²) in [5, 5.41) is 6.25. The third-order valence-electron chi connectivity index (χ3n) is 4.04. The number of fused-ring (bicyclic) bond motifs is 1. The zero-order valence-corrected chi connectivity index (χ0v) is 11.0. The van der Waals surface area contributed by atoms with E-state index in [1.54, 1.807) is 0 Å². The number of nitrogens with one attached hydrogen (secondary N) is 1. The van der Waals surface area contributed by atoms with Crippen LogP contribution in [0.4, 0.5) is 0 Å². The van der Waals surface area contributed by atoms with Crippen molar-refractivity contribution < 1.29 is 0 Å². The van der Waals surface area contributed by atoms with Crippen molar-refractivity contribution in [3.63, 3.8) is 0 Å². The molecule has 1 heteroatoms. The molecule has 2 aromatic rings. The van der Waals surface area contributed by atoms with Crippen molar-refractivity contribution in [2.45, 2.75) is 26.3 Å². The SMILES string of the molecule is CC(CNCc1ccc2ccccc2c1)C1CC1. The highest BCUT2D eigenvalue weighted by molar-refractivity contribution is 5.82. The Morgan fingerprint density at radius 1 is 1.11 bits per heavy atom. The number of hydrogen-bond donors (Lipinski definition) is 1. The van der Waals surface area contributed by atoms with Crippen LogP contribution in [0.15, 0.2) is 42.5 Å². The molecule has 0 heterocycles. The lowest BCUT2D eigenvalue weighted by Crippen LogP contribution is -2.21. The van der Waals surface area contributed by atoms with Gasteiger partial charge >= 0.3 is 0 Å². The van der Waals surface area contributed by atoms with Gasteiger partial charge in [0.25, 0.3) is 0 Å². The van der Waals surface area contributed by atoms with Crippen molar-refractivity contribution in [1.82, 2.24) is 5.32 Å². The second-order valence-electron chi connectivity index (χ2n) is 5.63. The molecule has 94 valence electrons. The molecule has 1 nitrogen and oxygen atoms in total. The first-order valence-corrected chi connectivity index (χ1v) is 7.01. The highest BCUT2D eigenvalue weighted by Gasteiger charge is 2.27. The van der Waals surface area contributed by atoms with Crippen molar-refractivity contribution in [2.75, 3.05) is 6.54 Å². The third-order valence-corrected chi connectivity index (χ3v) is 4.04. The Labute approximate surface area is 109 Å². The predicted octanol–water partition coefficient (Wildman–Crippen LogP) is 3.98. The first kappa shape index (κ1) is 11.7. The van der Waals surface area contributed by atoms with Gasteiger partial charge < -0.3 is 5.32 Å². The summed E-state index contributed by atoms with van der Waals surface area (Å²) in [6.45, 7) is 4.50. The standard InChI is InChI=1S/C17H21N/c1-13(15-8-9-15)11-18-12-14-6-7-16-4-2-3-5-17(16)10-14/h2-7,10,13,15,18H,8-9,11-12H2,1H3. The fourth-order valence-electron chi connectivity index (χ4n) is 2.62. The largest absolute Gasteiger partial charge is 0.312 e. The van der Waals surface area contributed by atoms with Gasteiger partial charge in [-0.2, -0.15) is 0 Å². The molecule has 1 aliphatic rings. The minimum atomic E-state index is 0.838. The number of hydrogen-bond acceptors (Lipinski definition) is 1. The van der Waals surface area contributed by atoms with Crippen LogP contribution < -0.4 is 5.32 Å². The Morgan fingerprint density at radius 2 is 1.89 bits per heavy atom. The van der Waals surface area contributed by atoms with Crippen molar-refractivity contribution in [1.29, 1.82) is 0 Å². The first-order valence-electron chi connectivity index (χ1n) is 7.01. The maximum Gasteiger partial charge on any atom is 0.0205 e. The summed E-state index contributed by atoms with van der Waals surface area (Å²) < 4.78 is 0. The second kappa shape index (κ2) is 5.11. The van der Waals surface area contributed by atoms with E-state index < -0.39 is 0 Å². The van der Waals surface area contributed by atoms with Gasteiger partial charge in [-0.1, -0.05) is 43.3 Å². The van der Waals surface area contributed by atoms with Gasteiger partial charge in [0.05, 0.1) is 0 Å². The molecule has 1 N–H and O–H groups in total. The first-order chi connectivity index (χ1) is 8.83. The highest BCUT2D eigenvalue weighted by atomic mass is 14.9. The fourth-order valence-corrected chi connectivity index (χ4v) is 2.62. The summed E-state index contributed by atoms with van der Waals surface area (Å²) in [6.07, 6.45) is 2.89. The molecule has 1 fully saturated rings. The zero-order valence-electron chi connectivity index (χ0n) is 11.0. The van der Waals surface area contributed by atoms with Crippen LogP contribution in [0.5, 0.6) is 0 Å². The third kappa shape index (κ3) is 2.73. The van der Waals surface area contributed by atoms with Gasteiger partial charge in [0, 0.05) is 6.54 Å². The molecule has 1 atom stereocenters. The molecule has 1 unspecified atom stereocenters.